The molecule has 4 nitrogen and oxygen atoms in total. The molecule has 19 heavy (non-hydrogen) atoms. The molecule has 0 aliphatic carbocycles. The fraction of sp³-hybridized carbons (Fsp3) is 0.667. The molecule has 1 aromatic rings. The van der Waals surface area contributed by atoms with Gasteiger partial charge in [-0.3, -0.25) is 9.88 Å². The Kier molecular flexibility index (Phi) is 4.55. The lowest BCUT2D eigenvalue weighted by molar-refractivity contribution is 0.0118. The molecule has 2 atom stereocenters. The predicted octanol–water partition coefficient (Wildman–Crippen LogP) is 1.72. The van der Waals surface area contributed by atoms with Gasteiger partial charge in [-0.15, -0.1) is 0 Å². The first kappa shape index (κ1) is 14.4. The van der Waals surface area contributed by atoms with Crippen molar-refractivity contribution in [2.24, 2.45) is 5.73 Å². The molecule has 1 fully saturated rings. The van der Waals surface area contributed by atoms with E-state index >= 15 is 0 Å². The number of hydrogen-bond acceptors (Lipinski definition) is 4. The van der Waals surface area contributed by atoms with Crippen molar-refractivity contribution in [1.29, 1.82) is 0 Å². The van der Waals surface area contributed by atoms with Crippen LogP contribution in [0.1, 0.15) is 31.7 Å². The predicted molar refractivity (Wildman–Crippen MR) is 76.9 cm³/mol. The van der Waals surface area contributed by atoms with Crippen LogP contribution in [0.4, 0.5) is 0 Å². The van der Waals surface area contributed by atoms with Gasteiger partial charge in [0.1, 0.15) is 0 Å². The second kappa shape index (κ2) is 5.99. The standard InChI is InChI=1S/C15H25N3O/c1-4-18(10-14-7-5-6-12(2)17-14)15(11-16)8-9-19-13(15)3/h5-7,13H,4,8-11,16H2,1-3H3. The largest absolute Gasteiger partial charge is 0.376 e. The normalized spacial score (nSPS) is 27.1. The first-order chi connectivity index (χ1) is 9.12. The summed E-state index contributed by atoms with van der Waals surface area (Å²) in [5, 5.41) is 0. The van der Waals surface area contributed by atoms with E-state index in [4.69, 9.17) is 10.5 Å². The van der Waals surface area contributed by atoms with Gasteiger partial charge in [0.25, 0.3) is 0 Å². The van der Waals surface area contributed by atoms with Crippen molar-refractivity contribution < 1.29 is 4.74 Å². The van der Waals surface area contributed by atoms with E-state index in [9.17, 15) is 0 Å². The number of likely N-dealkylation sites (N-methyl/N-ethyl adjacent to an activating group) is 1. The number of ether oxygens (including phenoxy) is 1. The summed E-state index contributed by atoms with van der Waals surface area (Å²) in [6.45, 7) is 9.57. The van der Waals surface area contributed by atoms with Crippen molar-refractivity contribution in [2.75, 3.05) is 19.7 Å². The minimum atomic E-state index is -0.0415. The summed E-state index contributed by atoms with van der Waals surface area (Å²) in [7, 11) is 0. The second-order valence-corrected chi connectivity index (χ2v) is 5.36. The molecule has 0 bridgehead atoms. The lowest BCUT2D eigenvalue weighted by Gasteiger charge is -2.42. The molecule has 0 saturated carbocycles. The molecular formula is C15H25N3O. The number of nitrogens with zero attached hydrogens (tertiary/aromatic N) is 2. The van der Waals surface area contributed by atoms with Gasteiger partial charge in [-0.05, 0) is 38.9 Å². The maximum absolute atomic E-state index is 6.08. The highest BCUT2D eigenvalue weighted by Crippen LogP contribution is 2.32. The molecule has 0 radical (unpaired) electrons. The minimum Gasteiger partial charge on any atom is -0.376 e. The van der Waals surface area contributed by atoms with E-state index < -0.39 is 0 Å². The summed E-state index contributed by atoms with van der Waals surface area (Å²) < 4.78 is 5.76. The fourth-order valence-electron chi connectivity index (χ4n) is 3.05. The van der Waals surface area contributed by atoms with Crippen LogP contribution in [0, 0.1) is 6.92 Å². The van der Waals surface area contributed by atoms with Gasteiger partial charge in [-0.25, -0.2) is 0 Å². The first-order valence-corrected chi connectivity index (χ1v) is 7.11. The number of aryl methyl sites for hydroxylation is 1. The molecule has 106 valence electrons. The summed E-state index contributed by atoms with van der Waals surface area (Å²) in [4.78, 5) is 7.02. The Morgan fingerprint density at radius 3 is 2.84 bits per heavy atom. The highest BCUT2D eigenvalue weighted by atomic mass is 16.5. The van der Waals surface area contributed by atoms with Crippen molar-refractivity contribution in [2.45, 2.75) is 45.4 Å². The summed E-state index contributed by atoms with van der Waals surface area (Å²) in [5.41, 5.74) is 8.20. The molecule has 2 heterocycles. The number of hydrogen-bond donors (Lipinski definition) is 1. The van der Waals surface area contributed by atoms with Crippen molar-refractivity contribution >= 4 is 0 Å². The van der Waals surface area contributed by atoms with Crippen LogP contribution in [-0.2, 0) is 11.3 Å². The van der Waals surface area contributed by atoms with Crippen molar-refractivity contribution in [1.82, 2.24) is 9.88 Å². The molecule has 1 aliphatic rings. The van der Waals surface area contributed by atoms with Gasteiger partial charge >= 0.3 is 0 Å². The van der Waals surface area contributed by atoms with E-state index in [2.05, 4.69) is 35.9 Å². The van der Waals surface area contributed by atoms with Gasteiger partial charge < -0.3 is 10.5 Å². The smallest absolute Gasteiger partial charge is 0.0743 e. The van der Waals surface area contributed by atoms with Gasteiger partial charge in [0.05, 0.1) is 17.3 Å². The number of aromatic nitrogens is 1. The quantitative estimate of drug-likeness (QED) is 0.879. The third kappa shape index (κ3) is 2.81. The van der Waals surface area contributed by atoms with Crippen molar-refractivity contribution in [3.05, 3.63) is 29.6 Å². The molecular weight excluding hydrogens is 238 g/mol. The highest BCUT2D eigenvalue weighted by Gasteiger charge is 2.44. The monoisotopic (exact) mass is 263 g/mol. The summed E-state index contributed by atoms with van der Waals surface area (Å²) in [6.07, 6.45) is 1.19. The van der Waals surface area contributed by atoms with Crippen LogP contribution >= 0.6 is 0 Å². The maximum Gasteiger partial charge on any atom is 0.0743 e. The molecule has 0 amide bonds. The molecule has 1 aliphatic heterocycles. The van der Waals surface area contributed by atoms with E-state index in [1.165, 1.54) is 0 Å². The Labute approximate surface area is 116 Å². The van der Waals surface area contributed by atoms with E-state index in [1.54, 1.807) is 0 Å². The average Bonchev–Trinajstić information content (AvgIpc) is 2.78. The van der Waals surface area contributed by atoms with Crippen LogP contribution in [0.3, 0.4) is 0 Å². The Hall–Kier alpha value is -0.970. The molecule has 2 N–H and O–H groups in total. The van der Waals surface area contributed by atoms with Crippen LogP contribution in [0.5, 0.6) is 0 Å². The zero-order valence-corrected chi connectivity index (χ0v) is 12.2. The Bertz CT molecular complexity index is 424. The molecule has 2 rings (SSSR count). The van der Waals surface area contributed by atoms with E-state index in [1.807, 2.05) is 13.0 Å². The van der Waals surface area contributed by atoms with Gasteiger partial charge in [0.15, 0.2) is 0 Å². The molecule has 1 saturated heterocycles. The SMILES string of the molecule is CCN(Cc1cccc(C)n1)C1(CN)CCOC1C. The first-order valence-electron chi connectivity index (χ1n) is 7.11. The topological polar surface area (TPSA) is 51.4 Å². The van der Waals surface area contributed by atoms with Crippen molar-refractivity contribution in [3.63, 3.8) is 0 Å². The Balaban J connectivity index is 2.19. The molecule has 2 unspecified atom stereocenters. The fourth-order valence-corrected chi connectivity index (χ4v) is 3.05. The summed E-state index contributed by atoms with van der Waals surface area (Å²) >= 11 is 0. The van der Waals surface area contributed by atoms with Gasteiger partial charge in [-0.2, -0.15) is 0 Å². The third-order valence-corrected chi connectivity index (χ3v) is 4.32. The van der Waals surface area contributed by atoms with Crippen LogP contribution < -0.4 is 5.73 Å². The summed E-state index contributed by atoms with van der Waals surface area (Å²) in [6, 6.07) is 6.18. The van der Waals surface area contributed by atoms with Crippen LogP contribution in [0.25, 0.3) is 0 Å². The zero-order valence-electron chi connectivity index (χ0n) is 12.2. The molecule has 0 aromatic carbocycles. The van der Waals surface area contributed by atoms with Crippen LogP contribution in [0.2, 0.25) is 0 Å². The molecule has 4 heteroatoms. The van der Waals surface area contributed by atoms with E-state index in [0.29, 0.717) is 6.54 Å². The van der Waals surface area contributed by atoms with Gasteiger partial charge in [0.2, 0.25) is 0 Å². The van der Waals surface area contributed by atoms with E-state index in [-0.39, 0.29) is 11.6 Å². The Morgan fingerprint density at radius 2 is 2.32 bits per heavy atom. The molecule has 1 aromatic heterocycles. The number of pyridine rings is 1. The lowest BCUT2D eigenvalue weighted by Crippen LogP contribution is -2.57. The summed E-state index contributed by atoms with van der Waals surface area (Å²) in [5.74, 6) is 0. The van der Waals surface area contributed by atoms with Gasteiger partial charge in [0, 0.05) is 25.4 Å². The zero-order chi connectivity index (χ0) is 13.9. The van der Waals surface area contributed by atoms with Crippen LogP contribution in [-0.4, -0.2) is 41.2 Å². The van der Waals surface area contributed by atoms with Gasteiger partial charge in [-0.1, -0.05) is 13.0 Å². The number of rotatable bonds is 5. The highest BCUT2D eigenvalue weighted by molar-refractivity contribution is 5.11. The van der Waals surface area contributed by atoms with Crippen LogP contribution in [0.15, 0.2) is 18.2 Å². The maximum atomic E-state index is 6.08. The Morgan fingerprint density at radius 1 is 1.53 bits per heavy atom. The molecule has 0 spiro atoms. The lowest BCUT2D eigenvalue weighted by atomic mass is 9.89. The average molecular weight is 263 g/mol. The van der Waals surface area contributed by atoms with E-state index in [0.717, 1.165) is 37.5 Å². The number of nitrogens with two attached hydrogens (primary N) is 1. The third-order valence-electron chi connectivity index (χ3n) is 4.32. The van der Waals surface area contributed by atoms with Crippen molar-refractivity contribution in [3.8, 4) is 0 Å². The minimum absolute atomic E-state index is 0.0415. The second-order valence-electron chi connectivity index (χ2n) is 5.36.